The number of benzene rings is 2. The summed E-state index contributed by atoms with van der Waals surface area (Å²) in [4.78, 5) is 53.2. The van der Waals surface area contributed by atoms with Crippen LogP contribution in [0.4, 0.5) is 5.69 Å². The normalized spacial score (nSPS) is 37.0. The van der Waals surface area contributed by atoms with Crippen molar-refractivity contribution in [2.24, 2.45) is 11.3 Å². The third-order valence-electron chi connectivity index (χ3n) is 15.6. The number of aromatic nitrogens is 1. The maximum atomic E-state index is 15.3. The van der Waals surface area contributed by atoms with Crippen LogP contribution in [0.15, 0.2) is 48.6 Å². The molecular formula is C46H58N4O9. The van der Waals surface area contributed by atoms with Gasteiger partial charge in [0.05, 0.1) is 33.0 Å². The van der Waals surface area contributed by atoms with E-state index in [4.69, 9.17) is 18.9 Å². The van der Waals surface area contributed by atoms with Crippen LogP contribution in [0.5, 0.6) is 5.75 Å². The van der Waals surface area contributed by atoms with Gasteiger partial charge < -0.3 is 39.0 Å². The van der Waals surface area contributed by atoms with E-state index in [0.29, 0.717) is 82.6 Å². The first kappa shape index (κ1) is 40.0. The number of likely N-dealkylation sites (N-methyl/N-ethyl adjacent to an activating group) is 1. The molecule has 5 aliphatic heterocycles. The van der Waals surface area contributed by atoms with Crippen LogP contribution in [0, 0.1) is 11.3 Å². The summed E-state index contributed by atoms with van der Waals surface area (Å²) in [6.07, 6.45) is 5.94. The van der Waals surface area contributed by atoms with Crippen molar-refractivity contribution >= 4 is 34.5 Å². The number of aromatic amines is 1. The molecule has 316 valence electrons. The Hall–Kier alpha value is -4.43. The number of H-pyrrole nitrogens is 1. The predicted octanol–water partition coefficient (Wildman–Crippen LogP) is 3.99. The number of anilines is 1. The Morgan fingerprint density at radius 1 is 0.949 bits per heavy atom. The summed E-state index contributed by atoms with van der Waals surface area (Å²) in [6.45, 7) is 8.62. The fraction of sp³-hybridized carbons (Fsp3) is 0.587. The number of hydrogen-bond acceptors (Lipinski definition) is 12. The zero-order chi connectivity index (χ0) is 41.9. The average molecular weight is 811 g/mol. The molecule has 13 nitrogen and oxygen atoms in total. The van der Waals surface area contributed by atoms with Crippen LogP contribution in [-0.4, -0.2) is 133 Å². The maximum absolute atomic E-state index is 15.3. The number of carbonyl (C=O) groups is 3. The lowest BCUT2D eigenvalue weighted by Crippen LogP contribution is -2.81. The molecule has 59 heavy (non-hydrogen) atoms. The zero-order valence-electron chi connectivity index (χ0n) is 35.3. The first-order valence-electron chi connectivity index (χ1n) is 21.2. The lowest BCUT2D eigenvalue weighted by atomic mass is 9.47. The van der Waals surface area contributed by atoms with Crippen LogP contribution < -0.4 is 9.64 Å². The van der Waals surface area contributed by atoms with E-state index in [1.807, 2.05) is 50.1 Å². The van der Waals surface area contributed by atoms with Crippen molar-refractivity contribution in [2.45, 2.75) is 99.5 Å². The number of nitrogens with zero attached hydrogens (tertiary/aromatic N) is 3. The molecule has 6 heterocycles. The highest BCUT2D eigenvalue weighted by Crippen LogP contribution is 2.68. The summed E-state index contributed by atoms with van der Waals surface area (Å²) >= 11 is 0. The molecule has 3 fully saturated rings. The monoisotopic (exact) mass is 810 g/mol. The number of rotatable bonds is 7. The molecule has 13 heteroatoms. The van der Waals surface area contributed by atoms with Crippen LogP contribution in [0.3, 0.4) is 0 Å². The second-order valence-electron chi connectivity index (χ2n) is 18.2. The Bertz CT molecular complexity index is 2260. The molecule has 1 aromatic heterocycles. The van der Waals surface area contributed by atoms with Gasteiger partial charge in [-0.25, -0.2) is 4.79 Å². The van der Waals surface area contributed by atoms with Gasteiger partial charge in [0.15, 0.2) is 6.10 Å². The smallest absolute Gasteiger partial charge is 0.344 e. The van der Waals surface area contributed by atoms with Crippen molar-refractivity contribution in [3.8, 4) is 5.75 Å². The number of aliphatic hydroxyl groups is 2. The van der Waals surface area contributed by atoms with Gasteiger partial charge in [-0.2, -0.15) is 0 Å². The number of para-hydroxylation sites is 1. The van der Waals surface area contributed by atoms with E-state index in [1.165, 1.54) is 21.1 Å². The zero-order valence-corrected chi connectivity index (χ0v) is 35.3. The van der Waals surface area contributed by atoms with Crippen molar-refractivity contribution in [1.82, 2.24) is 14.8 Å². The summed E-state index contributed by atoms with van der Waals surface area (Å²) < 4.78 is 23.9. The van der Waals surface area contributed by atoms with Gasteiger partial charge in [-0.1, -0.05) is 44.2 Å². The highest BCUT2D eigenvalue weighted by atomic mass is 16.6. The number of ether oxygens (including phenoxy) is 4. The molecule has 9 rings (SSSR count). The number of carbonyl (C=O) groups excluding carboxylic acids is 3. The molecular weight excluding hydrogens is 753 g/mol. The molecule has 5 unspecified atom stereocenters. The molecule has 2 bridgehead atoms. The standard InChI is InChI=1S/C46H58N4O9/c1-8-42(54)23-28-24-45(40(52)57-6,36-30(15-19-49(25-28)26-42)29-13-10-11-14-33(29)47-36)32-21-31-34(22-35(32)56-5)48(4)38-44(31)17-20-50-18-12-16-43(9-2,37(44)50)39(59-27(3)51)46(38,55)41(53)58-7/h10-14,16,21-22,28,37-39,47,54-55H,8-9,15,17-20,23-26H2,1-7H3/t28?,37-,38?,39+,42-,43+,44?,45-,46?/m0/s1. The molecule has 0 amide bonds. The summed E-state index contributed by atoms with van der Waals surface area (Å²) in [5, 5.41) is 26.3. The minimum absolute atomic E-state index is 0.0986. The summed E-state index contributed by atoms with van der Waals surface area (Å²) in [5.74, 6) is -1.56. The molecule has 1 saturated carbocycles. The Morgan fingerprint density at radius 3 is 2.41 bits per heavy atom. The Kier molecular flexibility index (Phi) is 9.36. The molecule has 2 saturated heterocycles. The van der Waals surface area contributed by atoms with Crippen molar-refractivity contribution in [3.63, 3.8) is 0 Å². The number of hydrogen-bond donors (Lipinski definition) is 3. The van der Waals surface area contributed by atoms with Gasteiger partial charge in [-0.3, -0.25) is 19.4 Å². The lowest BCUT2D eigenvalue weighted by Gasteiger charge is -2.63. The minimum atomic E-state index is -2.30. The highest BCUT2D eigenvalue weighted by molar-refractivity contribution is 5.95. The topological polar surface area (TPSA) is 154 Å². The fourth-order valence-electron chi connectivity index (χ4n) is 13.5. The fourth-order valence-corrected chi connectivity index (χ4v) is 13.5. The number of nitrogens with one attached hydrogen (secondary N) is 1. The van der Waals surface area contributed by atoms with E-state index in [9.17, 15) is 19.8 Å². The van der Waals surface area contributed by atoms with Crippen LogP contribution >= 0.6 is 0 Å². The van der Waals surface area contributed by atoms with E-state index in [1.54, 1.807) is 7.11 Å². The molecule has 1 aliphatic carbocycles. The average Bonchev–Trinajstić information content (AvgIpc) is 3.90. The van der Waals surface area contributed by atoms with Crippen LogP contribution in [0.1, 0.15) is 75.3 Å². The Balaban J connectivity index is 1.36. The maximum Gasteiger partial charge on any atom is 0.344 e. The van der Waals surface area contributed by atoms with E-state index in [-0.39, 0.29) is 12.0 Å². The molecule has 3 N–H and O–H groups in total. The van der Waals surface area contributed by atoms with Crippen molar-refractivity contribution in [1.29, 1.82) is 0 Å². The van der Waals surface area contributed by atoms with E-state index in [2.05, 4.69) is 39.1 Å². The second kappa shape index (κ2) is 13.8. The third-order valence-corrected chi connectivity index (χ3v) is 15.6. The molecule has 6 aliphatic rings. The summed E-state index contributed by atoms with van der Waals surface area (Å²) in [6, 6.07) is 11.0. The SMILES string of the molecule is CC[C@]1(O)CC2CN(CCc3c([nH]c4ccccc34)[C@@](C(=O)OC)(c3cc4c(cc3OC)N(C)C3C(O)(C(=O)OC)[C@H](OC(C)=O)[C@]5(CC)C=CCN6CCC43[C@@H]65)C2)C1. The van der Waals surface area contributed by atoms with Gasteiger partial charge in [0, 0.05) is 90.9 Å². The quantitative estimate of drug-likeness (QED) is 0.180. The third kappa shape index (κ3) is 5.20. The summed E-state index contributed by atoms with van der Waals surface area (Å²) in [5.41, 5.74) is -1.62. The minimum Gasteiger partial charge on any atom is -0.496 e. The molecule has 0 radical (unpaired) electrons. The van der Waals surface area contributed by atoms with E-state index in [0.717, 1.165) is 33.4 Å². The van der Waals surface area contributed by atoms with Gasteiger partial charge >= 0.3 is 17.9 Å². The molecule has 2 aromatic carbocycles. The van der Waals surface area contributed by atoms with E-state index >= 15 is 4.79 Å². The lowest BCUT2D eigenvalue weighted by molar-refractivity contribution is -0.228. The van der Waals surface area contributed by atoms with Crippen LogP contribution in [0.2, 0.25) is 0 Å². The van der Waals surface area contributed by atoms with Crippen molar-refractivity contribution < 1.29 is 43.5 Å². The highest BCUT2D eigenvalue weighted by Gasteiger charge is 2.80. The Morgan fingerprint density at radius 2 is 1.71 bits per heavy atom. The molecule has 1 spiro atoms. The molecule has 3 aromatic rings. The van der Waals surface area contributed by atoms with Gasteiger partial charge in [0.1, 0.15) is 11.2 Å². The number of methoxy groups -OCH3 is 3. The second-order valence-corrected chi connectivity index (χ2v) is 18.2. The first-order valence-corrected chi connectivity index (χ1v) is 21.2. The first-order chi connectivity index (χ1) is 28.2. The van der Waals surface area contributed by atoms with Crippen LogP contribution in [-0.2, 0) is 45.8 Å². The van der Waals surface area contributed by atoms with Crippen LogP contribution in [0.25, 0.3) is 10.9 Å². The Labute approximate surface area is 345 Å². The predicted molar refractivity (Wildman–Crippen MR) is 220 cm³/mol. The van der Waals surface area contributed by atoms with Gasteiger partial charge in [-0.15, -0.1) is 0 Å². The van der Waals surface area contributed by atoms with Crippen molar-refractivity contribution in [3.05, 3.63) is 70.9 Å². The number of piperidine rings is 1. The van der Waals surface area contributed by atoms with Gasteiger partial charge in [0.2, 0.25) is 5.60 Å². The van der Waals surface area contributed by atoms with Crippen molar-refractivity contribution in [2.75, 3.05) is 66.0 Å². The largest absolute Gasteiger partial charge is 0.496 e. The molecule has 10 atom stereocenters. The summed E-state index contributed by atoms with van der Waals surface area (Å²) in [7, 11) is 6.15. The number of esters is 3. The van der Waals surface area contributed by atoms with E-state index < -0.39 is 57.5 Å². The number of fused-ring (bicyclic) bond motifs is 6. The van der Waals surface area contributed by atoms with Gasteiger partial charge in [0.25, 0.3) is 0 Å². The van der Waals surface area contributed by atoms with Gasteiger partial charge in [-0.05, 0) is 74.2 Å².